The Bertz CT molecular complexity index is 2690. The predicted octanol–water partition coefficient (Wildman–Crippen LogP) is 6.59. The highest BCUT2D eigenvalue weighted by molar-refractivity contribution is 6.12. The molecule has 0 radical (unpaired) electrons. The minimum Gasteiger partial charge on any atom is -0.497 e. The number of carbonyl (C=O) groups is 3. The van der Waals surface area contributed by atoms with Gasteiger partial charge in [-0.3, -0.25) is 19.3 Å². The van der Waals surface area contributed by atoms with Crippen molar-refractivity contribution in [1.29, 1.82) is 0 Å². The van der Waals surface area contributed by atoms with E-state index >= 15 is 14.4 Å². The van der Waals surface area contributed by atoms with Crippen LogP contribution in [-0.4, -0.2) is 65.8 Å². The van der Waals surface area contributed by atoms with Crippen LogP contribution in [0.1, 0.15) is 63.2 Å². The van der Waals surface area contributed by atoms with Crippen LogP contribution in [-0.2, 0) is 24.5 Å². The molecule has 0 bridgehead atoms. The van der Waals surface area contributed by atoms with E-state index in [1.165, 1.54) is 0 Å². The second-order valence-corrected chi connectivity index (χ2v) is 15.7. The number of cyclic esters (lactones) is 1. The lowest BCUT2D eigenvalue weighted by Crippen LogP contribution is -2.55. The summed E-state index contributed by atoms with van der Waals surface area (Å²) in [7, 11) is 1.60. The van der Waals surface area contributed by atoms with Gasteiger partial charge in [0.15, 0.2) is 0 Å². The Balaban J connectivity index is 1.29. The first-order chi connectivity index (χ1) is 30.8. The molecule has 6 aromatic rings. The number of aliphatic hydroxyl groups is 2. The monoisotopic (exact) mass is 839 g/mol. The number of aliphatic hydroxyl groups excluding tert-OH is 2. The van der Waals surface area contributed by atoms with E-state index in [9.17, 15) is 10.2 Å². The summed E-state index contributed by atoms with van der Waals surface area (Å²) in [5, 5.41) is 27.4. The van der Waals surface area contributed by atoms with E-state index in [-0.39, 0.29) is 19.8 Å². The number of fused-ring (bicyclic) bond motifs is 3. The van der Waals surface area contributed by atoms with E-state index in [1.807, 2.05) is 120 Å². The van der Waals surface area contributed by atoms with Crippen molar-refractivity contribution in [2.45, 2.75) is 35.7 Å². The molecule has 9 rings (SSSR count). The number of methoxy groups -OCH3 is 1. The second kappa shape index (κ2) is 17.6. The van der Waals surface area contributed by atoms with Gasteiger partial charge in [-0.1, -0.05) is 121 Å². The van der Waals surface area contributed by atoms with E-state index in [0.717, 1.165) is 16.7 Å². The topological polar surface area (TPSA) is 147 Å². The second-order valence-electron chi connectivity index (χ2n) is 15.7. The first-order valence-corrected chi connectivity index (χ1v) is 20.9. The van der Waals surface area contributed by atoms with Crippen LogP contribution in [0, 0.1) is 17.8 Å². The highest BCUT2D eigenvalue weighted by Gasteiger charge is 2.74. The van der Waals surface area contributed by atoms with Crippen molar-refractivity contribution in [2.24, 2.45) is 5.92 Å². The van der Waals surface area contributed by atoms with Crippen LogP contribution in [0.2, 0.25) is 0 Å². The number of ether oxygens (including phenoxy) is 3. The number of para-hydroxylation sites is 1. The highest BCUT2D eigenvalue weighted by Crippen LogP contribution is 2.65. The van der Waals surface area contributed by atoms with Crippen LogP contribution < -0.4 is 20.1 Å². The summed E-state index contributed by atoms with van der Waals surface area (Å²) < 4.78 is 18.1. The number of rotatable bonds is 11. The van der Waals surface area contributed by atoms with Gasteiger partial charge in [0, 0.05) is 28.9 Å². The first-order valence-electron chi connectivity index (χ1n) is 20.9. The third-order valence-electron chi connectivity index (χ3n) is 12.2. The molecular formula is C52H45N3O8. The molecule has 0 saturated carbocycles. The Labute approximate surface area is 365 Å². The summed E-state index contributed by atoms with van der Waals surface area (Å²) in [4.78, 5) is 48.2. The largest absolute Gasteiger partial charge is 0.497 e. The number of hydrogen-bond donors (Lipinski definition) is 4. The lowest BCUT2D eigenvalue weighted by atomic mass is 9.65. The zero-order chi connectivity index (χ0) is 43.5. The van der Waals surface area contributed by atoms with Gasteiger partial charge in [-0.05, 0) is 70.8 Å². The van der Waals surface area contributed by atoms with E-state index in [0.29, 0.717) is 39.4 Å². The Kier molecular flexibility index (Phi) is 11.5. The van der Waals surface area contributed by atoms with Gasteiger partial charge in [-0.25, -0.2) is 0 Å². The Morgan fingerprint density at radius 2 is 1.44 bits per heavy atom. The molecule has 4 N–H and O–H groups in total. The van der Waals surface area contributed by atoms with Gasteiger partial charge in [0.1, 0.15) is 35.7 Å². The maximum absolute atomic E-state index is 15.6. The third-order valence-corrected chi connectivity index (χ3v) is 12.2. The molecule has 0 unspecified atom stereocenters. The Hall–Kier alpha value is -7.23. The molecular weight excluding hydrogens is 795 g/mol. The molecule has 63 heavy (non-hydrogen) atoms. The molecule has 2 saturated heterocycles. The smallest absolute Gasteiger partial charge is 0.324 e. The molecule has 11 nitrogen and oxygen atoms in total. The number of hydrogen-bond acceptors (Lipinski definition) is 9. The van der Waals surface area contributed by atoms with Crippen molar-refractivity contribution in [2.75, 3.05) is 32.2 Å². The normalized spacial score (nSPS) is 22.7. The number of esters is 1. The van der Waals surface area contributed by atoms with E-state index in [1.54, 1.807) is 49.6 Å². The standard InChI is InChI=1S/C52H45N3O8/c1-61-38-26-23-33(24-27-38)21-22-34-25-28-41-40(31-34)52(51(60)54-41)44(49(58)53-32-42(57)35-13-5-2-6-14-35)46-50(59)63-47(37-17-9-4-10-18-37)45(36-15-7-3-8-16-36)55(46)48(52)39-19-11-12-20-43(39)62-30-29-56/h2-20,23-28,31,42,44-48,56-57H,29-30,32H2,1H3,(H,53,58)(H,54,60)/t42-,44+,45+,46+,47-,48-,52+/m0/s1. The molecule has 3 aliphatic heterocycles. The maximum atomic E-state index is 15.6. The van der Waals surface area contributed by atoms with E-state index in [2.05, 4.69) is 22.5 Å². The molecule has 3 heterocycles. The van der Waals surface area contributed by atoms with Gasteiger partial charge in [0.25, 0.3) is 0 Å². The zero-order valence-corrected chi connectivity index (χ0v) is 34.4. The van der Waals surface area contributed by atoms with E-state index in [4.69, 9.17) is 14.2 Å². The average Bonchev–Trinajstić information content (AvgIpc) is 3.81. The molecule has 2 fully saturated rings. The average molecular weight is 840 g/mol. The minimum atomic E-state index is -1.82. The minimum absolute atomic E-state index is 0.0495. The molecule has 3 aliphatic rings. The van der Waals surface area contributed by atoms with Crippen LogP contribution in [0.4, 0.5) is 5.69 Å². The molecule has 2 amide bonds. The fourth-order valence-corrected chi connectivity index (χ4v) is 9.55. The molecule has 316 valence electrons. The lowest BCUT2D eigenvalue weighted by molar-refractivity contribution is -0.178. The summed E-state index contributed by atoms with van der Waals surface area (Å²) in [6.45, 7) is -0.527. The van der Waals surface area contributed by atoms with Gasteiger partial charge in [0.05, 0.1) is 37.8 Å². The molecule has 0 aliphatic carbocycles. The molecule has 11 heteroatoms. The van der Waals surface area contributed by atoms with Gasteiger partial charge in [-0.15, -0.1) is 0 Å². The van der Waals surface area contributed by atoms with Crippen LogP contribution >= 0.6 is 0 Å². The number of benzene rings is 6. The summed E-state index contributed by atoms with van der Waals surface area (Å²) in [5.74, 6) is 4.30. The molecule has 7 atom stereocenters. The van der Waals surface area contributed by atoms with Crippen molar-refractivity contribution in [3.63, 3.8) is 0 Å². The Morgan fingerprint density at radius 3 is 2.14 bits per heavy atom. The summed E-state index contributed by atoms with van der Waals surface area (Å²) in [6, 6.07) is 44.9. The summed E-state index contributed by atoms with van der Waals surface area (Å²) in [6.07, 6.45) is -1.95. The van der Waals surface area contributed by atoms with Gasteiger partial charge in [0.2, 0.25) is 11.8 Å². The van der Waals surface area contributed by atoms with Crippen molar-refractivity contribution in [3.8, 4) is 23.3 Å². The van der Waals surface area contributed by atoms with Gasteiger partial charge in [-0.2, -0.15) is 0 Å². The first kappa shape index (κ1) is 41.1. The number of carbonyl (C=O) groups excluding carboxylic acids is 3. The Morgan fingerprint density at radius 1 is 0.810 bits per heavy atom. The van der Waals surface area contributed by atoms with Crippen molar-refractivity contribution >= 4 is 23.5 Å². The molecule has 0 aromatic heterocycles. The molecule has 6 aromatic carbocycles. The quantitative estimate of drug-likeness (QED) is 0.0839. The highest BCUT2D eigenvalue weighted by atomic mass is 16.6. The van der Waals surface area contributed by atoms with Gasteiger partial charge >= 0.3 is 5.97 Å². The van der Waals surface area contributed by atoms with Crippen LogP contribution in [0.15, 0.2) is 158 Å². The van der Waals surface area contributed by atoms with Crippen molar-refractivity contribution in [3.05, 3.63) is 197 Å². The van der Waals surface area contributed by atoms with Crippen LogP contribution in [0.3, 0.4) is 0 Å². The summed E-state index contributed by atoms with van der Waals surface area (Å²) in [5.41, 5.74) is 3.02. The number of nitrogens with one attached hydrogen (secondary N) is 2. The number of amides is 2. The van der Waals surface area contributed by atoms with Crippen molar-refractivity contribution < 1.29 is 38.8 Å². The zero-order valence-electron chi connectivity index (χ0n) is 34.4. The van der Waals surface area contributed by atoms with Crippen LogP contribution in [0.25, 0.3) is 0 Å². The number of anilines is 1. The maximum Gasteiger partial charge on any atom is 0.324 e. The number of morpholine rings is 1. The predicted molar refractivity (Wildman–Crippen MR) is 235 cm³/mol. The third kappa shape index (κ3) is 7.48. The van der Waals surface area contributed by atoms with Crippen LogP contribution in [0.5, 0.6) is 11.5 Å². The lowest BCUT2D eigenvalue weighted by Gasteiger charge is -2.46. The fourth-order valence-electron chi connectivity index (χ4n) is 9.55. The van der Waals surface area contributed by atoms with E-state index < -0.39 is 59.5 Å². The summed E-state index contributed by atoms with van der Waals surface area (Å²) >= 11 is 0. The number of nitrogens with zero attached hydrogens (tertiary/aromatic N) is 1. The van der Waals surface area contributed by atoms with Gasteiger partial charge < -0.3 is 35.1 Å². The molecule has 1 spiro atoms. The van der Waals surface area contributed by atoms with Crippen molar-refractivity contribution in [1.82, 2.24) is 10.2 Å². The SMILES string of the molecule is COc1ccc(C#Cc2ccc3c(c2)[C@]2(C(=O)N3)[C@H](c3ccccc3OCCO)N3[C@H](c4ccccc4)[C@H](c4ccccc4)OC(=O)[C@H]3[C@@H]2C(=O)NC[C@H](O)c2ccccc2)cc1. The fraction of sp³-hybridized carbons (Fsp3) is 0.212.